The van der Waals surface area contributed by atoms with Gasteiger partial charge in [-0.1, -0.05) is 48.5 Å². The molecule has 0 saturated heterocycles. The molecule has 144 valence electrons. The number of benzene rings is 2. The van der Waals surface area contributed by atoms with Crippen molar-refractivity contribution >= 4 is 5.91 Å². The van der Waals surface area contributed by atoms with Crippen LogP contribution in [0.2, 0.25) is 0 Å². The maximum atomic E-state index is 13.0. The van der Waals surface area contributed by atoms with Gasteiger partial charge in [0.05, 0.1) is 23.5 Å². The zero-order valence-corrected chi connectivity index (χ0v) is 16.6. The van der Waals surface area contributed by atoms with Crippen LogP contribution in [-0.4, -0.2) is 15.7 Å². The third kappa shape index (κ3) is 3.86. The van der Waals surface area contributed by atoms with E-state index in [2.05, 4.69) is 47.7 Å². The molecule has 4 nitrogen and oxygen atoms in total. The molecule has 1 N–H and O–H groups in total. The quantitative estimate of drug-likeness (QED) is 0.721. The van der Waals surface area contributed by atoms with Crippen molar-refractivity contribution in [3.8, 4) is 0 Å². The van der Waals surface area contributed by atoms with Crippen LogP contribution in [0.4, 0.5) is 0 Å². The largest absolute Gasteiger partial charge is 0.345 e. The lowest BCUT2D eigenvalue weighted by molar-refractivity contribution is 0.0939. The summed E-state index contributed by atoms with van der Waals surface area (Å²) >= 11 is 0. The van der Waals surface area contributed by atoms with Gasteiger partial charge >= 0.3 is 0 Å². The molecule has 4 heteroatoms. The number of fused-ring (bicyclic) bond motifs is 1. The van der Waals surface area contributed by atoms with Gasteiger partial charge in [-0.3, -0.25) is 9.48 Å². The molecule has 1 amide bonds. The van der Waals surface area contributed by atoms with Crippen LogP contribution >= 0.6 is 0 Å². The van der Waals surface area contributed by atoms with E-state index < -0.39 is 0 Å². The molecule has 0 spiro atoms. The lowest BCUT2D eigenvalue weighted by Gasteiger charge is -2.20. The average Bonchev–Trinajstić information content (AvgIpc) is 3.08. The van der Waals surface area contributed by atoms with E-state index in [0.717, 1.165) is 12.1 Å². The summed E-state index contributed by atoms with van der Waals surface area (Å²) < 4.78 is 1.80. The van der Waals surface area contributed by atoms with Crippen LogP contribution in [0.25, 0.3) is 0 Å². The van der Waals surface area contributed by atoms with Crippen LogP contribution in [0.15, 0.2) is 54.7 Å². The second-order valence-electron chi connectivity index (χ2n) is 7.72. The Morgan fingerprint density at radius 3 is 2.64 bits per heavy atom. The second kappa shape index (κ2) is 8.01. The summed E-state index contributed by atoms with van der Waals surface area (Å²) in [6.45, 7) is 2.05. The molecule has 0 radical (unpaired) electrons. The zero-order valence-electron chi connectivity index (χ0n) is 16.6. The number of nitrogens with zero attached hydrogens (tertiary/aromatic N) is 2. The van der Waals surface area contributed by atoms with Gasteiger partial charge in [0.15, 0.2) is 0 Å². The molecule has 0 fully saturated rings. The Hall–Kier alpha value is -2.88. The van der Waals surface area contributed by atoms with Gasteiger partial charge in [0.1, 0.15) is 0 Å². The molecular formula is C24H27N3O. The highest BCUT2D eigenvalue weighted by Crippen LogP contribution is 2.25. The van der Waals surface area contributed by atoms with E-state index in [-0.39, 0.29) is 11.9 Å². The smallest absolute Gasteiger partial charge is 0.255 e. The molecule has 4 rings (SSSR count). The molecule has 1 aliphatic rings. The number of rotatable bonds is 5. The van der Waals surface area contributed by atoms with Crippen LogP contribution in [0, 0.1) is 0 Å². The van der Waals surface area contributed by atoms with Crippen LogP contribution in [0.5, 0.6) is 0 Å². The predicted molar refractivity (Wildman–Crippen MR) is 111 cm³/mol. The number of aryl methyl sites for hydroxylation is 3. The van der Waals surface area contributed by atoms with Gasteiger partial charge in [0.25, 0.3) is 5.91 Å². The Kier molecular flexibility index (Phi) is 5.29. The SMILES string of the molecule is CC(NC(=O)c1cnn(C)c1Cc1ccccc1)c1ccc2c(c1)CCCC2. The topological polar surface area (TPSA) is 46.9 Å². The molecule has 0 bridgehead atoms. The van der Waals surface area contributed by atoms with Crippen molar-refractivity contribution in [2.24, 2.45) is 7.05 Å². The minimum atomic E-state index is -0.0655. The lowest BCUT2D eigenvalue weighted by Crippen LogP contribution is -2.27. The van der Waals surface area contributed by atoms with Crippen molar-refractivity contribution in [2.75, 3.05) is 0 Å². The molecule has 28 heavy (non-hydrogen) atoms. The number of carbonyl (C=O) groups is 1. The Balaban J connectivity index is 1.51. The Morgan fingerprint density at radius 1 is 1.11 bits per heavy atom. The third-order valence-electron chi connectivity index (χ3n) is 5.74. The van der Waals surface area contributed by atoms with E-state index in [9.17, 15) is 4.79 Å². The lowest BCUT2D eigenvalue weighted by atomic mass is 9.89. The maximum Gasteiger partial charge on any atom is 0.255 e. The summed E-state index contributed by atoms with van der Waals surface area (Å²) in [5, 5.41) is 7.49. The van der Waals surface area contributed by atoms with Crippen molar-refractivity contribution in [3.05, 3.63) is 88.2 Å². The number of nitrogens with one attached hydrogen (secondary N) is 1. The summed E-state index contributed by atoms with van der Waals surface area (Å²) in [5.41, 5.74) is 6.82. The fourth-order valence-electron chi connectivity index (χ4n) is 4.03. The first-order valence-electron chi connectivity index (χ1n) is 10.1. The summed E-state index contributed by atoms with van der Waals surface area (Å²) in [6, 6.07) is 16.8. The predicted octanol–water partition coefficient (Wildman–Crippen LogP) is 4.38. The van der Waals surface area contributed by atoms with Crippen LogP contribution < -0.4 is 5.32 Å². The zero-order chi connectivity index (χ0) is 19.5. The molecule has 0 aliphatic heterocycles. The third-order valence-corrected chi connectivity index (χ3v) is 5.74. The maximum absolute atomic E-state index is 13.0. The van der Waals surface area contributed by atoms with E-state index in [4.69, 9.17) is 0 Å². The van der Waals surface area contributed by atoms with Gasteiger partial charge in [-0.05, 0) is 54.9 Å². The molecule has 1 unspecified atom stereocenters. The number of amides is 1. The Labute approximate surface area is 166 Å². The normalized spacial score (nSPS) is 14.4. The molecular weight excluding hydrogens is 346 g/mol. The highest BCUT2D eigenvalue weighted by atomic mass is 16.1. The minimum Gasteiger partial charge on any atom is -0.345 e. The number of hydrogen-bond donors (Lipinski definition) is 1. The van der Waals surface area contributed by atoms with Crippen LogP contribution in [0.3, 0.4) is 0 Å². The fraction of sp³-hybridized carbons (Fsp3) is 0.333. The Bertz CT molecular complexity index is 975. The van der Waals surface area contributed by atoms with Crippen LogP contribution in [-0.2, 0) is 26.3 Å². The first-order chi connectivity index (χ1) is 13.6. The van der Waals surface area contributed by atoms with E-state index in [1.165, 1.54) is 41.5 Å². The molecule has 1 aromatic heterocycles. The standard InChI is InChI=1S/C24H27N3O/c1-17(20-13-12-19-10-6-7-11-21(19)15-20)26-24(28)22-16-25-27(2)23(22)14-18-8-4-3-5-9-18/h3-5,8-9,12-13,15-17H,6-7,10-11,14H2,1-2H3,(H,26,28). The van der Waals surface area contributed by atoms with Crippen LogP contribution in [0.1, 0.15) is 64.1 Å². The summed E-state index contributed by atoms with van der Waals surface area (Å²) in [4.78, 5) is 13.0. The molecule has 1 heterocycles. The molecule has 1 aliphatic carbocycles. The van der Waals surface area contributed by atoms with Gasteiger partial charge in [-0.25, -0.2) is 0 Å². The summed E-state index contributed by atoms with van der Waals surface area (Å²) in [7, 11) is 1.89. The Morgan fingerprint density at radius 2 is 1.86 bits per heavy atom. The van der Waals surface area contributed by atoms with Gasteiger partial charge in [-0.2, -0.15) is 5.10 Å². The molecule has 3 aromatic rings. The first kappa shape index (κ1) is 18.5. The number of aromatic nitrogens is 2. The van der Waals surface area contributed by atoms with Gasteiger partial charge in [0, 0.05) is 13.5 Å². The molecule has 1 atom stereocenters. The van der Waals surface area contributed by atoms with Gasteiger partial charge in [-0.15, -0.1) is 0 Å². The number of hydrogen-bond acceptors (Lipinski definition) is 2. The van der Waals surface area contributed by atoms with Crippen molar-refractivity contribution in [1.82, 2.24) is 15.1 Å². The van der Waals surface area contributed by atoms with E-state index >= 15 is 0 Å². The summed E-state index contributed by atoms with van der Waals surface area (Å²) in [6.07, 6.45) is 7.22. The van der Waals surface area contributed by atoms with Crippen molar-refractivity contribution in [2.45, 2.75) is 45.1 Å². The van der Waals surface area contributed by atoms with E-state index in [1.807, 2.05) is 25.2 Å². The first-order valence-corrected chi connectivity index (χ1v) is 10.1. The fourth-order valence-corrected chi connectivity index (χ4v) is 4.03. The minimum absolute atomic E-state index is 0.0375. The van der Waals surface area contributed by atoms with Crippen molar-refractivity contribution in [1.29, 1.82) is 0 Å². The highest BCUT2D eigenvalue weighted by molar-refractivity contribution is 5.95. The van der Waals surface area contributed by atoms with E-state index in [1.54, 1.807) is 10.9 Å². The second-order valence-corrected chi connectivity index (χ2v) is 7.72. The molecule has 2 aromatic carbocycles. The highest BCUT2D eigenvalue weighted by Gasteiger charge is 2.19. The van der Waals surface area contributed by atoms with Gasteiger partial charge < -0.3 is 5.32 Å². The molecule has 0 saturated carbocycles. The van der Waals surface area contributed by atoms with Crippen molar-refractivity contribution in [3.63, 3.8) is 0 Å². The summed E-state index contributed by atoms with van der Waals surface area (Å²) in [5.74, 6) is -0.0655. The van der Waals surface area contributed by atoms with Crippen molar-refractivity contribution < 1.29 is 4.79 Å². The van der Waals surface area contributed by atoms with E-state index in [0.29, 0.717) is 12.0 Å². The monoisotopic (exact) mass is 373 g/mol. The average molecular weight is 374 g/mol. The number of carbonyl (C=O) groups excluding carboxylic acids is 1. The van der Waals surface area contributed by atoms with Gasteiger partial charge in [0.2, 0.25) is 0 Å².